The Kier molecular flexibility index (Phi) is 9.76. The van der Waals surface area contributed by atoms with Gasteiger partial charge in [-0.15, -0.1) is 0 Å². The molecule has 47 heavy (non-hydrogen) atoms. The molecular formula is C36H29Br2N3O5S. The van der Waals surface area contributed by atoms with Crippen LogP contribution in [0.5, 0.6) is 17.2 Å². The maximum Gasteiger partial charge on any atom is 0.271 e. The van der Waals surface area contributed by atoms with Crippen molar-refractivity contribution in [2.45, 2.75) is 19.6 Å². The molecule has 0 aliphatic carbocycles. The molecule has 0 saturated heterocycles. The van der Waals surface area contributed by atoms with Gasteiger partial charge in [-0.05, 0) is 88.6 Å². The average molecular weight is 776 g/mol. The number of methoxy groups -OCH3 is 2. The van der Waals surface area contributed by atoms with Crippen molar-refractivity contribution in [3.8, 4) is 17.2 Å². The van der Waals surface area contributed by atoms with Gasteiger partial charge in [0.15, 0.2) is 4.80 Å². The minimum Gasteiger partial charge on any atom is -0.497 e. The highest BCUT2D eigenvalue weighted by Gasteiger charge is 2.34. The second-order valence-electron chi connectivity index (χ2n) is 10.6. The SMILES string of the molecule is COc1ccc([C@@H]2C(C(=O)Nc3ccccc3)=C(C)N=c3s/c(=C\c4ccc(OCc5ccc(Br)cc5)c(Br)c4)c(=O)n32)c(OC)c1. The molecule has 1 aromatic heterocycles. The molecule has 2 heterocycles. The molecule has 1 N–H and O–H groups in total. The third-order valence-corrected chi connectivity index (χ3v) is 9.73. The molecule has 1 atom stereocenters. The number of anilines is 1. The Balaban J connectivity index is 1.40. The number of thiazole rings is 1. The van der Waals surface area contributed by atoms with Crippen molar-refractivity contribution in [3.63, 3.8) is 0 Å². The quantitative estimate of drug-likeness (QED) is 0.174. The van der Waals surface area contributed by atoms with Crippen LogP contribution in [0.3, 0.4) is 0 Å². The maximum atomic E-state index is 14.2. The zero-order valence-electron chi connectivity index (χ0n) is 25.6. The van der Waals surface area contributed by atoms with Gasteiger partial charge < -0.3 is 19.5 Å². The van der Waals surface area contributed by atoms with Gasteiger partial charge in [-0.25, -0.2) is 4.99 Å². The lowest BCUT2D eigenvalue weighted by Gasteiger charge is -2.26. The predicted octanol–water partition coefficient (Wildman–Crippen LogP) is 7.00. The summed E-state index contributed by atoms with van der Waals surface area (Å²) in [5, 5.41) is 2.97. The topological polar surface area (TPSA) is 91.2 Å². The standard InChI is InChI=1S/C36H29Br2N3O5S/c1-21-32(34(42)40-25-7-5-4-6-8-25)33(27-15-14-26(44-2)19-30(27)45-3)41-35(43)31(47-36(41)39-21)18-23-11-16-29(28(38)17-23)46-20-22-9-12-24(37)13-10-22/h4-19,33H,20H2,1-3H3,(H,40,42)/b31-18-/t33-/m1/s1. The Morgan fingerprint density at radius 1 is 0.957 bits per heavy atom. The van der Waals surface area contributed by atoms with Gasteiger partial charge in [-0.2, -0.15) is 0 Å². The van der Waals surface area contributed by atoms with Gasteiger partial charge in [0.1, 0.15) is 29.9 Å². The van der Waals surface area contributed by atoms with Gasteiger partial charge in [0.05, 0.1) is 34.5 Å². The van der Waals surface area contributed by atoms with Crippen molar-refractivity contribution in [1.82, 2.24) is 4.57 Å². The van der Waals surface area contributed by atoms with E-state index >= 15 is 0 Å². The molecule has 0 bridgehead atoms. The van der Waals surface area contributed by atoms with E-state index in [0.29, 0.717) is 55.7 Å². The van der Waals surface area contributed by atoms with Crippen LogP contribution in [0.25, 0.3) is 6.08 Å². The number of hydrogen-bond acceptors (Lipinski definition) is 7. The largest absolute Gasteiger partial charge is 0.497 e. The summed E-state index contributed by atoms with van der Waals surface area (Å²) in [6, 6.07) is 27.3. The summed E-state index contributed by atoms with van der Waals surface area (Å²) in [4.78, 5) is 33.3. The molecule has 6 rings (SSSR count). The summed E-state index contributed by atoms with van der Waals surface area (Å²) in [7, 11) is 3.12. The lowest BCUT2D eigenvalue weighted by molar-refractivity contribution is -0.113. The van der Waals surface area contributed by atoms with Crippen molar-refractivity contribution >= 4 is 60.9 Å². The smallest absolute Gasteiger partial charge is 0.271 e. The highest BCUT2D eigenvalue weighted by molar-refractivity contribution is 9.10. The van der Waals surface area contributed by atoms with Crippen LogP contribution in [0.15, 0.2) is 121 Å². The van der Waals surface area contributed by atoms with Crippen molar-refractivity contribution in [2.75, 3.05) is 19.5 Å². The summed E-state index contributed by atoms with van der Waals surface area (Å²) >= 11 is 8.34. The zero-order chi connectivity index (χ0) is 33.1. The van der Waals surface area contributed by atoms with E-state index in [1.165, 1.54) is 11.3 Å². The number of ether oxygens (including phenoxy) is 3. The van der Waals surface area contributed by atoms with Crippen molar-refractivity contribution in [1.29, 1.82) is 0 Å². The van der Waals surface area contributed by atoms with Crippen LogP contribution in [0, 0.1) is 0 Å². The molecule has 8 nitrogen and oxygen atoms in total. The van der Waals surface area contributed by atoms with Crippen LogP contribution in [-0.4, -0.2) is 24.7 Å². The highest BCUT2D eigenvalue weighted by atomic mass is 79.9. The van der Waals surface area contributed by atoms with E-state index in [4.69, 9.17) is 19.2 Å². The van der Waals surface area contributed by atoms with Gasteiger partial charge in [0, 0.05) is 21.8 Å². The van der Waals surface area contributed by atoms with Gasteiger partial charge in [-0.3, -0.25) is 14.2 Å². The Labute approximate surface area is 291 Å². The molecular weight excluding hydrogens is 746 g/mol. The lowest BCUT2D eigenvalue weighted by Crippen LogP contribution is -2.40. The molecule has 11 heteroatoms. The molecule has 1 aliphatic rings. The van der Waals surface area contributed by atoms with Gasteiger partial charge in [0.25, 0.3) is 11.5 Å². The molecule has 5 aromatic rings. The number of halogens is 2. The van der Waals surface area contributed by atoms with Crippen LogP contribution < -0.4 is 34.4 Å². The van der Waals surface area contributed by atoms with E-state index in [2.05, 4.69) is 37.2 Å². The third kappa shape index (κ3) is 6.97. The van der Waals surface area contributed by atoms with Crippen LogP contribution >= 0.6 is 43.2 Å². The fourth-order valence-electron chi connectivity index (χ4n) is 5.29. The summed E-state index contributed by atoms with van der Waals surface area (Å²) in [6.45, 7) is 2.20. The van der Waals surface area contributed by atoms with Crippen molar-refractivity contribution in [2.24, 2.45) is 4.99 Å². The fourth-order valence-corrected chi connectivity index (χ4v) is 7.11. The van der Waals surface area contributed by atoms with Gasteiger partial charge in [-0.1, -0.05) is 63.7 Å². The summed E-state index contributed by atoms with van der Waals surface area (Å²) < 4.78 is 21.0. The van der Waals surface area contributed by atoms with Crippen LogP contribution in [-0.2, 0) is 11.4 Å². The highest BCUT2D eigenvalue weighted by Crippen LogP contribution is 2.37. The first-order valence-corrected chi connectivity index (χ1v) is 16.9. The Morgan fingerprint density at radius 2 is 1.72 bits per heavy atom. The molecule has 0 fully saturated rings. The predicted molar refractivity (Wildman–Crippen MR) is 191 cm³/mol. The molecule has 1 aliphatic heterocycles. The van der Waals surface area contributed by atoms with E-state index in [0.717, 1.165) is 20.1 Å². The van der Waals surface area contributed by atoms with E-state index in [1.54, 1.807) is 50.0 Å². The number of benzene rings is 4. The van der Waals surface area contributed by atoms with E-state index in [1.807, 2.05) is 72.8 Å². The number of nitrogens with zero attached hydrogens (tertiary/aromatic N) is 2. The lowest BCUT2D eigenvalue weighted by atomic mass is 9.94. The molecule has 0 unspecified atom stereocenters. The van der Waals surface area contributed by atoms with E-state index in [-0.39, 0.29) is 11.5 Å². The average Bonchev–Trinajstić information content (AvgIpc) is 3.38. The number of aromatic nitrogens is 1. The number of rotatable bonds is 9. The molecule has 0 radical (unpaired) electrons. The first-order valence-electron chi connectivity index (χ1n) is 14.5. The molecule has 0 saturated carbocycles. The van der Waals surface area contributed by atoms with Gasteiger partial charge in [0.2, 0.25) is 0 Å². The zero-order valence-corrected chi connectivity index (χ0v) is 29.6. The Hall–Kier alpha value is -4.45. The number of fused-ring (bicyclic) bond motifs is 1. The summed E-state index contributed by atoms with van der Waals surface area (Å²) in [6.07, 6.45) is 1.82. The van der Waals surface area contributed by atoms with Crippen molar-refractivity contribution in [3.05, 3.63) is 148 Å². The number of allylic oxidation sites excluding steroid dienone is 1. The van der Waals surface area contributed by atoms with Gasteiger partial charge >= 0.3 is 0 Å². The first-order chi connectivity index (χ1) is 22.7. The van der Waals surface area contributed by atoms with Crippen LogP contribution in [0.1, 0.15) is 29.7 Å². The molecule has 0 spiro atoms. The molecule has 4 aromatic carbocycles. The minimum atomic E-state index is -0.806. The monoisotopic (exact) mass is 773 g/mol. The number of nitrogens with one attached hydrogen (secondary N) is 1. The molecule has 238 valence electrons. The number of para-hydroxylation sites is 1. The first kappa shape index (κ1) is 32.5. The van der Waals surface area contributed by atoms with E-state index in [9.17, 15) is 9.59 Å². The fraction of sp³-hybridized carbons (Fsp3) is 0.139. The Morgan fingerprint density at radius 3 is 2.43 bits per heavy atom. The second-order valence-corrected chi connectivity index (χ2v) is 13.4. The van der Waals surface area contributed by atoms with Crippen LogP contribution in [0.4, 0.5) is 5.69 Å². The number of carbonyl (C=O) groups excluding carboxylic acids is 1. The maximum absolute atomic E-state index is 14.2. The Bertz CT molecular complexity index is 2180. The summed E-state index contributed by atoms with van der Waals surface area (Å²) in [5.41, 5.74) is 3.67. The van der Waals surface area contributed by atoms with E-state index < -0.39 is 6.04 Å². The third-order valence-electron chi connectivity index (χ3n) is 7.59. The number of amides is 1. The second kappa shape index (κ2) is 14.1. The number of hydrogen-bond donors (Lipinski definition) is 1. The summed E-state index contributed by atoms with van der Waals surface area (Å²) in [5.74, 6) is 1.38. The molecule has 1 amide bonds. The minimum absolute atomic E-state index is 0.277. The van der Waals surface area contributed by atoms with Crippen LogP contribution in [0.2, 0.25) is 0 Å². The number of carbonyl (C=O) groups is 1. The van der Waals surface area contributed by atoms with Crippen molar-refractivity contribution < 1.29 is 19.0 Å². The normalized spacial score (nSPS) is 14.3.